The van der Waals surface area contributed by atoms with E-state index < -0.39 is 0 Å². The highest BCUT2D eigenvalue weighted by Gasteiger charge is 2.08. The fourth-order valence-electron chi connectivity index (χ4n) is 1.41. The Morgan fingerprint density at radius 2 is 2.06 bits per heavy atom. The summed E-state index contributed by atoms with van der Waals surface area (Å²) in [6.45, 7) is 7.21. The van der Waals surface area contributed by atoms with Crippen LogP contribution in [0.25, 0.3) is 6.08 Å². The average molecular weight is 335 g/mol. The van der Waals surface area contributed by atoms with E-state index in [0.29, 0.717) is 10.0 Å². The second-order valence-corrected chi connectivity index (χ2v) is 6.36. The molecule has 0 saturated carbocycles. The van der Waals surface area contributed by atoms with Crippen molar-refractivity contribution in [1.29, 1.82) is 0 Å². The van der Waals surface area contributed by atoms with Crippen LogP contribution < -0.4 is 5.32 Å². The topological polar surface area (TPSA) is 12.0 Å². The number of rotatable bonds is 4. The van der Waals surface area contributed by atoms with E-state index in [0.717, 1.165) is 13.0 Å². The summed E-state index contributed by atoms with van der Waals surface area (Å²) in [6.07, 6.45) is 4.56. The van der Waals surface area contributed by atoms with Crippen LogP contribution in [-0.4, -0.2) is 12.1 Å². The monoisotopic (exact) mass is 333 g/mol. The molecule has 4 heteroatoms. The fraction of sp³-hybridized carbons (Fsp3) is 0.429. The van der Waals surface area contributed by atoms with Crippen molar-refractivity contribution in [1.82, 2.24) is 5.32 Å². The SMILES string of the molecule is CC(C)(C)NCC/C=C/c1ccc(Br)c(Cl)c1F. The van der Waals surface area contributed by atoms with Crippen LogP contribution in [0.1, 0.15) is 32.8 Å². The summed E-state index contributed by atoms with van der Waals surface area (Å²) in [5.74, 6) is -0.383. The molecular formula is C14H18BrClFN. The molecule has 0 spiro atoms. The summed E-state index contributed by atoms with van der Waals surface area (Å²) >= 11 is 9.00. The Bertz CT molecular complexity index is 438. The van der Waals surface area contributed by atoms with Crippen molar-refractivity contribution in [2.45, 2.75) is 32.7 Å². The van der Waals surface area contributed by atoms with Crippen LogP contribution in [0, 0.1) is 5.82 Å². The van der Waals surface area contributed by atoms with Gasteiger partial charge in [-0.1, -0.05) is 29.8 Å². The quantitative estimate of drug-likeness (QED) is 0.601. The van der Waals surface area contributed by atoms with E-state index >= 15 is 0 Å². The maximum absolute atomic E-state index is 13.7. The van der Waals surface area contributed by atoms with E-state index in [-0.39, 0.29) is 16.4 Å². The number of hydrogen-bond donors (Lipinski definition) is 1. The maximum atomic E-state index is 13.7. The Kier molecular flexibility index (Phi) is 5.83. The van der Waals surface area contributed by atoms with E-state index in [1.54, 1.807) is 18.2 Å². The standard InChI is InChI=1S/C14H18BrClFN/c1-14(2,3)18-9-5-4-6-10-7-8-11(15)12(16)13(10)17/h4,6-8,18H,5,9H2,1-3H3/b6-4+. The van der Waals surface area contributed by atoms with Crippen LogP contribution in [0.4, 0.5) is 4.39 Å². The van der Waals surface area contributed by atoms with Crippen LogP contribution in [0.2, 0.25) is 5.02 Å². The summed E-state index contributed by atoms with van der Waals surface area (Å²) in [5.41, 5.74) is 0.624. The Labute approximate surface area is 122 Å². The first-order valence-electron chi connectivity index (χ1n) is 5.86. The molecule has 1 nitrogen and oxygen atoms in total. The number of halogens is 3. The molecule has 0 atom stereocenters. The minimum absolute atomic E-state index is 0.111. The van der Waals surface area contributed by atoms with Crippen LogP contribution in [0.5, 0.6) is 0 Å². The minimum Gasteiger partial charge on any atom is -0.312 e. The molecule has 0 aliphatic rings. The highest BCUT2D eigenvalue weighted by Crippen LogP contribution is 2.28. The molecular weight excluding hydrogens is 317 g/mol. The third-order valence-electron chi connectivity index (χ3n) is 2.33. The average Bonchev–Trinajstić information content (AvgIpc) is 2.27. The zero-order valence-electron chi connectivity index (χ0n) is 10.9. The van der Waals surface area contributed by atoms with E-state index in [4.69, 9.17) is 11.6 Å². The van der Waals surface area contributed by atoms with Crippen LogP contribution >= 0.6 is 27.5 Å². The van der Waals surface area contributed by atoms with Crippen LogP contribution in [0.15, 0.2) is 22.7 Å². The zero-order valence-corrected chi connectivity index (χ0v) is 13.2. The van der Waals surface area contributed by atoms with Gasteiger partial charge in [0.05, 0.1) is 5.02 Å². The Balaban J connectivity index is 2.55. The second-order valence-electron chi connectivity index (χ2n) is 5.13. The predicted octanol–water partition coefficient (Wildman–Crippen LogP) is 5.03. The smallest absolute Gasteiger partial charge is 0.150 e. The van der Waals surface area contributed by atoms with Crippen LogP contribution in [-0.2, 0) is 0 Å². The fourth-order valence-corrected chi connectivity index (χ4v) is 1.89. The van der Waals surface area contributed by atoms with Crippen molar-refractivity contribution >= 4 is 33.6 Å². The Morgan fingerprint density at radius 3 is 2.67 bits per heavy atom. The molecule has 0 aliphatic carbocycles. The van der Waals surface area contributed by atoms with E-state index in [1.807, 2.05) is 6.08 Å². The molecule has 1 rings (SSSR count). The summed E-state index contributed by atoms with van der Waals surface area (Å²) in [7, 11) is 0. The first-order valence-corrected chi connectivity index (χ1v) is 7.03. The summed E-state index contributed by atoms with van der Waals surface area (Å²) in [6, 6.07) is 3.46. The molecule has 0 radical (unpaired) electrons. The van der Waals surface area contributed by atoms with Gasteiger partial charge >= 0.3 is 0 Å². The number of hydrogen-bond acceptors (Lipinski definition) is 1. The van der Waals surface area contributed by atoms with Crippen LogP contribution in [0.3, 0.4) is 0 Å². The minimum atomic E-state index is -0.383. The molecule has 0 aliphatic heterocycles. The largest absolute Gasteiger partial charge is 0.312 e. The lowest BCUT2D eigenvalue weighted by Crippen LogP contribution is -2.36. The predicted molar refractivity (Wildman–Crippen MR) is 80.5 cm³/mol. The Morgan fingerprint density at radius 1 is 1.39 bits per heavy atom. The van der Waals surface area contributed by atoms with E-state index in [1.165, 1.54) is 0 Å². The first kappa shape index (κ1) is 15.7. The molecule has 0 saturated heterocycles. The molecule has 1 aromatic carbocycles. The highest BCUT2D eigenvalue weighted by atomic mass is 79.9. The van der Waals surface area contributed by atoms with E-state index in [9.17, 15) is 4.39 Å². The van der Waals surface area contributed by atoms with Gasteiger partial charge in [-0.25, -0.2) is 4.39 Å². The molecule has 1 aromatic rings. The first-order chi connectivity index (χ1) is 8.31. The molecule has 0 bridgehead atoms. The van der Waals surface area contributed by atoms with Gasteiger partial charge in [0.2, 0.25) is 0 Å². The van der Waals surface area contributed by atoms with Crippen molar-refractivity contribution in [3.63, 3.8) is 0 Å². The Hall–Kier alpha value is -0.380. The summed E-state index contributed by atoms with van der Waals surface area (Å²) in [5, 5.41) is 3.49. The van der Waals surface area contributed by atoms with Crippen molar-refractivity contribution in [2.24, 2.45) is 0 Å². The highest BCUT2D eigenvalue weighted by molar-refractivity contribution is 9.10. The van der Waals surface area contributed by atoms with E-state index in [2.05, 4.69) is 42.0 Å². The number of benzene rings is 1. The molecule has 0 unspecified atom stereocenters. The number of nitrogens with one attached hydrogen (secondary N) is 1. The third kappa shape index (κ3) is 5.09. The third-order valence-corrected chi connectivity index (χ3v) is 3.59. The van der Waals surface area contributed by atoms with Gasteiger partial charge in [-0.15, -0.1) is 0 Å². The van der Waals surface area contributed by atoms with Gasteiger partial charge in [-0.2, -0.15) is 0 Å². The molecule has 1 N–H and O–H groups in total. The lowest BCUT2D eigenvalue weighted by atomic mass is 10.1. The van der Waals surface area contributed by atoms with Gasteiger partial charge in [0.15, 0.2) is 0 Å². The second kappa shape index (κ2) is 6.69. The molecule has 0 amide bonds. The summed E-state index contributed by atoms with van der Waals surface area (Å²) in [4.78, 5) is 0. The van der Waals surface area contributed by atoms with Crippen molar-refractivity contribution in [3.8, 4) is 0 Å². The maximum Gasteiger partial charge on any atom is 0.150 e. The molecule has 0 fully saturated rings. The lowest BCUT2D eigenvalue weighted by Gasteiger charge is -2.19. The normalized spacial score (nSPS) is 12.3. The van der Waals surface area contributed by atoms with Gasteiger partial charge in [-0.3, -0.25) is 0 Å². The zero-order chi connectivity index (χ0) is 13.8. The lowest BCUT2D eigenvalue weighted by molar-refractivity contribution is 0.431. The van der Waals surface area contributed by atoms with Gasteiger partial charge in [0.25, 0.3) is 0 Å². The summed E-state index contributed by atoms with van der Waals surface area (Å²) < 4.78 is 14.3. The molecule has 0 heterocycles. The van der Waals surface area contributed by atoms with Gasteiger partial charge in [0, 0.05) is 15.6 Å². The van der Waals surface area contributed by atoms with Crippen molar-refractivity contribution in [2.75, 3.05) is 6.54 Å². The van der Waals surface area contributed by atoms with Gasteiger partial charge in [-0.05, 0) is 55.7 Å². The molecule has 100 valence electrons. The van der Waals surface area contributed by atoms with Gasteiger partial charge < -0.3 is 5.32 Å². The van der Waals surface area contributed by atoms with Gasteiger partial charge in [0.1, 0.15) is 5.82 Å². The van der Waals surface area contributed by atoms with Crippen molar-refractivity contribution in [3.05, 3.63) is 39.1 Å². The van der Waals surface area contributed by atoms with Crippen molar-refractivity contribution < 1.29 is 4.39 Å². The molecule has 18 heavy (non-hydrogen) atoms. The molecule has 0 aromatic heterocycles.